The number of hydrogen-bond acceptors (Lipinski definition) is 3. The molecular formula is C24H32O4. The minimum atomic E-state index is -0.738. The third-order valence-corrected chi connectivity index (χ3v) is 6.51. The molecule has 4 heteroatoms. The van der Waals surface area contributed by atoms with Crippen LogP contribution in [-0.4, -0.2) is 33.5 Å². The van der Waals surface area contributed by atoms with Gasteiger partial charge in [0.15, 0.2) is 0 Å². The summed E-state index contributed by atoms with van der Waals surface area (Å²) in [5.41, 5.74) is 2.51. The van der Waals surface area contributed by atoms with E-state index in [1.165, 1.54) is 5.57 Å². The normalized spacial score (nSPS) is 30.6. The van der Waals surface area contributed by atoms with Gasteiger partial charge in [-0.2, -0.15) is 0 Å². The van der Waals surface area contributed by atoms with E-state index in [1.54, 1.807) is 0 Å². The fourth-order valence-corrected chi connectivity index (χ4v) is 4.86. The lowest BCUT2D eigenvalue weighted by Crippen LogP contribution is -2.19. The highest BCUT2D eigenvalue weighted by atomic mass is 16.4. The molecule has 0 saturated heterocycles. The van der Waals surface area contributed by atoms with Crippen LogP contribution in [-0.2, 0) is 4.79 Å². The molecule has 2 saturated carbocycles. The first kappa shape index (κ1) is 20.8. The zero-order chi connectivity index (χ0) is 20.1. The molecule has 0 radical (unpaired) electrons. The molecule has 0 aromatic heterocycles. The predicted molar refractivity (Wildman–Crippen MR) is 110 cm³/mol. The van der Waals surface area contributed by atoms with Gasteiger partial charge in [0.05, 0.1) is 12.2 Å². The van der Waals surface area contributed by atoms with Gasteiger partial charge in [-0.1, -0.05) is 61.1 Å². The Kier molecular flexibility index (Phi) is 7.08. The highest BCUT2D eigenvalue weighted by Crippen LogP contribution is 2.50. The smallest absolute Gasteiger partial charge is 0.303 e. The lowest BCUT2D eigenvalue weighted by atomic mass is 9.89. The van der Waals surface area contributed by atoms with Gasteiger partial charge in [0.1, 0.15) is 0 Å². The van der Waals surface area contributed by atoms with E-state index in [0.29, 0.717) is 18.3 Å². The highest BCUT2D eigenvalue weighted by molar-refractivity contribution is 5.66. The Balaban J connectivity index is 1.57. The van der Waals surface area contributed by atoms with Crippen LogP contribution in [0.4, 0.5) is 0 Å². The van der Waals surface area contributed by atoms with Crippen molar-refractivity contribution < 1.29 is 20.1 Å². The van der Waals surface area contributed by atoms with E-state index < -0.39 is 12.1 Å². The zero-order valence-electron chi connectivity index (χ0n) is 16.6. The molecular weight excluding hydrogens is 352 g/mol. The summed E-state index contributed by atoms with van der Waals surface area (Å²) in [7, 11) is 0. The molecule has 0 heterocycles. The number of unbranched alkanes of at least 4 members (excludes halogenated alkanes) is 1. The molecule has 6 atom stereocenters. The molecule has 1 aromatic carbocycles. The first-order valence-corrected chi connectivity index (χ1v) is 10.4. The number of carboxylic acid groups (broad SMARTS) is 1. The Morgan fingerprint density at radius 1 is 1.25 bits per heavy atom. The van der Waals surface area contributed by atoms with Crippen molar-refractivity contribution in [2.45, 2.75) is 63.6 Å². The average molecular weight is 385 g/mol. The molecule has 4 nitrogen and oxygen atoms in total. The van der Waals surface area contributed by atoms with E-state index in [0.717, 1.165) is 31.2 Å². The number of benzene rings is 1. The Bertz CT molecular complexity index is 709. The molecule has 0 spiro atoms. The Labute approximate surface area is 167 Å². The Morgan fingerprint density at radius 2 is 2.00 bits per heavy atom. The lowest BCUT2D eigenvalue weighted by Gasteiger charge is -2.20. The van der Waals surface area contributed by atoms with Gasteiger partial charge in [0.2, 0.25) is 0 Å². The molecule has 3 rings (SSSR count). The molecule has 28 heavy (non-hydrogen) atoms. The Hall–Kier alpha value is -1.91. The van der Waals surface area contributed by atoms with E-state index >= 15 is 0 Å². The van der Waals surface area contributed by atoms with Crippen LogP contribution in [0.3, 0.4) is 0 Å². The van der Waals surface area contributed by atoms with Crippen LogP contribution in [0.15, 0.2) is 54.1 Å². The van der Waals surface area contributed by atoms with E-state index in [-0.39, 0.29) is 24.4 Å². The number of aliphatic carboxylic acids is 1. The SMILES string of the molecule is CC(c1ccccc1)[C@@H](O)/C=C/[C@@H]1[C@H]2C/C(=C/CCCC(=O)O)C[C@@H]2C[C@H]1O. The topological polar surface area (TPSA) is 77.8 Å². The number of hydrogen-bond donors (Lipinski definition) is 3. The van der Waals surface area contributed by atoms with Crippen LogP contribution in [0.1, 0.15) is 56.9 Å². The second kappa shape index (κ2) is 9.53. The quantitative estimate of drug-likeness (QED) is 0.461. The average Bonchev–Trinajstić information content (AvgIpc) is 3.19. The molecule has 2 fully saturated rings. The van der Waals surface area contributed by atoms with Gasteiger partial charge in [0, 0.05) is 18.3 Å². The molecule has 152 valence electrons. The molecule has 2 aliphatic carbocycles. The van der Waals surface area contributed by atoms with Crippen molar-refractivity contribution in [3.63, 3.8) is 0 Å². The summed E-state index contributed by atoms with van der Waals surface area (Å²) in [5, 5.41) is 29.8. The van der Waals surface area contributed by atoms with Crippen molar-refractivity contribution in [2.24, 2.45) is 17.8 Å². The number of fused-ring (bicyclic) bond motifs is 1. The van der Waals surface area contributed by atoms with Crippen molar-refractivity contribution in [1.82, 2.24) is 0 Å². The van der Waals surface area contributed by atoms with Crippen molar-refractivity contribution in [1.29, 1.82) is 0 Å². The summed E-state index contributed by atoms with van der Waals surface area (Å²) in [6.07, 6.45) is 9.74. The minimum Gasteiger partial charge on any atom is -0.481 e. The van der Waals surface area contributed by atoms with Gasteiger partial charge in [0.25, 0.3) is 0 Å². The van der Waals surface area contributed by atoms with E-state index in [4.69, 9.17) is 5.11 Å². The number of aliphatic hydroxyl groups is 2. The number of rotatable bonds is 8. The summed E-state index contributed by atoms with van der Waals surface area (Å²) in [6.45, 7) is 2.02. The molecule has 0 bridgehead atoms. The van der Waals surface area contributed by atoms with Crippen molar-refractivity contribution in [3.8, 4) is 0 Å². The monoisotopic (exact) mass is 384 g/mol. The summed E-state index contributed by atoms with van der Waals surface area (Å²) < 4.78 is 0. The van der Waals surface area contributed by atoms with Gasteiger partial charge in [-0.15, -0.1) is 0 Å². The maximum absolute atomic E-state index is 10.6. The first-order chi connectivity index (χ1) is 13.5. The molecule has 1 unspecified atom stereocenters. The van der Waals surface area contributed by atoms with Crippen molar-refractivity contribution in [3.05, 3.63) is 59.7 Å². The lowest BCUT2D eigenvalue weighted by molar-refractivity contribution is -0.137. The van der Waals surface area contributed by atoms with Crippen LogP contribution in [0.25, 0.3) is 0 Å². The summed E-state index contributed by atoms with van der Waals surface area (Å²) in [4.78, 5) is 10.6. The molecule has 0 amide bonds. The van der Waals surface area contributed by atoms with Crippen LogP contribution < -0.4 is 0 Å². The number of carboxylic acids is 1. The third kappa shape index (κ3) is 5.12. The van der Waals surface area contributed by atoms with Crippen LogP contribution in [0.5, 0.6) is 0 Å². The summed E-state index contributed by atoms with van der Waals surface area (Å²) in [5.74, 6) is 0.293. The summed E-state index contributed by atoms with van der Waals surface area (Å²) >= 11 is 0. The van der Waals surface area contributed by atoms with Gasteiger partial charge in [-0.05, 0) is 49.5 Å². The van der Waals surface area contributed by atoms with Crippen LogP contribution in [0, 0.1) is 17.8 Å². The Morgan fingerprint density at radius 3 is 2.71 bits per heavy atom. The van der Waals surface area contributed by atoms with E-state index in [1.807, 2.05) is 49.4 Å². The predicted octanol–water partition coefficient (Wildman–Crippen LogP) is 4.30. The largest absolute Gasteiger partial charge is 0.481 e. The minimum absolute atomic E-state index is 0.0139. The fourth-order valence-electron chi connectivity index (χ4n) is 4.86. The molecule has 2 aliphatic rings. The highest BCUT2D eigenvalue weighted by Gasteiger charge is 2.44. The molecule has 3 N–H and O–H groups in total. The van der Waals surface area contributed by atoms with Gasteiger partial charge in [-0.3, -0.25) is 4.79 Å². The second-order valence-electron chi connectivity index (χ2n) is 8.44. The maximum atomic E-state index is 10.6. The van der Waals surface area contributed by atoms with Crippen molar-refractivity contribution in [2.75, 3.05) is 0 Å². The first-order valence-electron chi connectivity index (χ1n) is 10.4. The number of allylic oxidation sites excluding steroid dienone is 2. The van der Waals surface area contributed by atoms with Crippen molar-refractivity contribution >= 4 is 5.97 Å². The van der Waals surface area contributed by atoms with Gasteiger partial charge < -0.3 is 15.3 Å². The van der Waals surface area contributed by atoms with E-state index in [2.05, 4.69) is 6.08 Å². The van der Waals surface area contributed by atoms with Gasteiger partial charge in [-0.25, -0.2) is 0 Å². The second-order valence-corrected chi connectivity index (χ2v) is 8.44. The van der Waals surface area contributed by atoms with E-state index in [9.17, 15) is 15.0 Å². The standard InChI is InChI=1S/C24H32O4/c1-16(18-8-3-2-4-9-18)22(25)12-11-20-21-14-17(7-5-6-10-24(27)28)13-19(21)15-23(20)26/h2-4,7-9,11-12,16,19-23,25-26H,5-6,10,13-15H2,1H3,(H,27,28)/b12-11+,17-7+/t16?,19-,20-,21+,22+,23-/m1/s1. The zero-order valence-corrected chi connectivity index (χ0v) is 16.6. The molecule has 0 aliphatic heterocycles. The number of aliphatic hydroxyl groups excluding tert-OH is 2. The van der Waals surface area contributed by atoms with Gasteiger partial charge >= 0.3 is 5.97 Å². The maximum Gasteiger partial charge on any atom is 0.303 e. The van der Waals surface area contributed by atoms with Crippen LogP contribution in [0.2, 0.25) is 0 Å². The molecule has 1 aromatic rings. The fraction of sp³-hybridized carbons (Fsp3) is 0.542. The number of carbonyl (C=O) groups is 1. The van der Waals surface area contributed by atoms with Crippen LogP contribution >= 0.6 is 0 Å². The summed E-state index contributed by atoms with van der Waals surface area (Å²) in [6, 6.07) is 9.99. The third-order valence-electron chi connectivity index (χ3n) is 6.51.